The predicted octanol–water partition coefficient (Wildman–Crippen LogP) is 2.52. The lowest BCUT2D eigenvalue weighted by Gasteiger charge is -2.57. The van der Waals surface area contributed by atoms with E-state index in [9.17, 15) is 4.79 Å². The van der Waals surface area contributed by atoms with Gasteiger partial charge in [0.15, 0.2) is 0 Å². The van der Waals surface area contributed by atoms with E-state index in [1.807, 2.05) is 13.0 Å². The monoisotopic (exact) mass is 402 g/mol. The zero-order valence-electron chi connectivity index (χ0n) is 16.9. The zero-order valence-corrected chi connectivity index (χ0v) is 17.8. The average molecular weight is 403 g/mol. The lowest BCUT2D eigenvalue weighted by Crippen LogP contribution is -2.59. The smallest absolute Gasteiger partial charge is 0.295 e. The number of thiol groups is 1. The Kier molecular flexibility index (Phi) is 5.42. The van der Waals surface area contributed by atoms with Crippen LogP contribution < -0.4 is 10.3 Å². The van der Waals surface area contributed by atoms with E-state index in [4.69, 9.17) is 4.74 Å². The van der Waals surface area contributed by atoms with Gasteiger partial charge in [0.2, 0.25) is 5.75 Å². The molecule has 0 aromatic carbocycles. The zero-order chi connectivity index (χ0) is 19.9. The fourth-order valence-corrected chi connectivity index (χ4v) is 5.56. The lowest BCUT2D eigenvalue weighted by atomic mass is 9.59. The van der Waals surface area contributed by atoms with Gasteiger partial charge in [0.25, 0.3) is 5.56 Å². The Hall–Kier alpha value is -1.57. The molecule has 3 aliphatic rings. The molecular formula is C21H30N4O2S. The summed E-state index contributed by atoms with van der Waals surface area (Å²) in [6.07, 6.45) is 5.88. The maximum Gasteiger partial charge on any atom is 0.295 e. The minimum absolute atomic E-state index is 0.0699. The van der Waals surface area contributed by atoms with Crippen molar-refractivity contribution in [3.8, 4) is 5.75 Å². The Morgan fingerprint density at radius 2 is 2.14 bits per heavy atom. The first kappa shape index (κ1) is 19.7. The van der Waals surface area contributed by atoms with Gasteiger partial charge >= 0.3 is 0 Å². The Morgan fingerprint density at radius 3 is 2.75 bits per heavy atom. The van der Waals surface area contributed by atoms with Crippen LogP contribution in [0.15, 0.2) is 34.8 Å². The molecule has 4 rings (SSSR count). The van der Waals surface area contributed by atoms with Crippen molar-refractivity contribution in [1.29, 1.82) is 0 Å². The minimum atomic E-state index is -0.0699. The van der Waals surface area contributed by atoms with E-state index in [2.05, 4.69) is 40.5 Å². The first-order valence-electron chi connectivity index (χ1n) is 10.1. The van der Waals surface area contributed by atoms with Crippen molar-refractivity contribution < 1.29 is 4.74 Å². The predicted molar refractivity (Wildman–Crippen MR) is 114 cm³/mol. The molecule has 0 amide bonds. The lowest BCUT2D eigenvalue weighted by molar-refractivity contribution is -0.0607. The van der Waals surface area contributed by atoms with Crippen molar-refractivity contribution >= 4 is 12.8 Å². The third-order valence-corrected chi connectivity index (χ3v) is 6.67. The quantitative estimate of drug-likeness (QED) is 0.711. The number of hydrogen-bond donors (Lipinski definition) is 1. The first-order chi connectivity index (χ1) is 13.4. The molecule has 0 N–H and O–H groups in total. The Labute approximate surface area is 172 Å². The molecule has 0 unspecified atom stereocenters. The van der Waals surface area contributed by atoms with Crippen LogP contribution in [0.5, 0.6) is 5.75 Å². The van der Waals surface area contributed by atoms with Crippen molar-refractivity contribution in [2.24, 2.45) is 11.3 Å². The maximum atomic E-state index is 12.9. The summed E-state index contributed by atoms with van der Waals surface area (Å²) in [6.45, 7) is 13.8. The second-order valence-electron chi connectivity index (χ2n) is 8.65. The second-order valence-corrected chi connectivity index (χ2v) is 9.22. The molecule has 7 heteroatoms. The van der Waals surface area contributed by atoms with Crippen molar-refractivity contribution in [2.75, 3.05) is 32.8 Å². The van der Waals surface area contributed by atoms with Crippen LogP contribution in [0.4, 0.5) is 0 Å². The molecule has 1 saturated heterocycles. The molecule has 1 spiro atoms. The van der Waals surface area contributed by atoms with Crippen LogP contribution in [0.2, 0.25) is 0 Å². The van der Waals surface area contributed by atoms with Crippen LogP contribution in [0.3, 0.4) is 0 Å². The molecule has 28 heavy (non-hydrogen) atoms. The van der Waals surface area contributed by atoms with E-state index in [0.29, 0.717) is 36.8 Å². The minimum Gasteiger partial charge on any atom is -0.486 e. The van der Waals surface area contributed by atoms with Gasteiger partial charge in [-0.3, -0.25) is 18.6 Å². The summed E-state index contributed by atoms with van der Waals surface area (Å²) in [4.78, 5) is 19.7. The van der Waals surface area contributed by atoms with Gasteiger partial charge < -0.3 is 4.74 Å². The molecule has 2 fully saturated rings. The highest BCUT2D eigenvalue weighted by atomic mass is 32.1. The highest BCUT2D eigenvalue weighted by Gasteiger charge is 2.51. The van der Waals surface area contributed by atoms with Crippen LogP contribution in [0.1, 0.15) is 32.5 Å². The van der Waals surface area contributed by atoms with Gasteiger partial charge in [0.1, 0.15) is 5.82 Å². The molecule has 0 atom stereocenters. The normalized spacial score (nSPS) is 22.4. The van der Waals surface area contributed by atoms with E-state index in [1.54, 1.807) is 10.8 Å². The van der Waals surface area contributed by atoms with Gasteiger partial charge in [-0.15, -0.1) is 0 Å². The Bertz CT molecular complexity index is 848. The summed E-state index contributed by atoms with van der Waals surface area (Å²) in [5.74, 6) is 1.70. The number of hydrogen-bond acceptors (Lipinski definition) is 6. The average Bonchev–Trinajstić information content (AvgIpc) is 2.96. The molecule has 1 aromatic rings. The summed E-state index contributed by atoms with van der Waals surface area (Å²) >= 11 is 4.37. The SMILES string of the molecule is C=CC1=C(C)CN(Cc2ncc(OCC3CC4(C3)CN(S)C4)c(=O)n2CC)C1. The maximum absolute atomic E-state index is 12.9. The second kappa shape index (κ2) is 7.69. The van der Waals surface area contributed by atoms with Crippen molar-refractivity contribution in [3.63, 3.8) is 0 Å². The van der Waals surface area contributed by atoms with E-state index < -0.39 is 0 Å². The van der Waals surface area contributed by atoms with Crippen molar-refractivity contribution in [2.45, 2.75) is 39.8 Å². The molecule has 6 nitrogen and oxygen atoms in total. The topological polar surface area (TPSA) is 50.6 Å². The van der Waals surface area contributed by atoms with E-state index in [-0.39, 0.29) is 5.56 Å². The summed E-state index contributed by atoms with van der Waals surface area (Å²) in [5, 5.41) is 0. The molecular weight excluding hydrogens is 372 g/mol. The Morgan fingerprint density at radius 1 is 1.39 bits per heavy atom. The fourth-order valence-electron chi connectivity index (χ4n) is 4.96. The number of aromatic nitrogens is 2. The molecule has 1 saturated carbocycles. The number of rotatable bonds is 7. The van der Waals surface area contributed by atoms with Crippen molar-refractivity contribution in [1.82, 2.24) is 18.8 Å². The molecule has 1 aliphatic carbocycles. The van der Waals surface area contributed by atoms with Crippen molar-refractivity contribution in [3.05, 3.63) is 46.2 Å². The molecule has 152 valence electrons. The van der Waals surface area contributed by atoms with Crippen LogP contribution in [-0.2, 0) is 13.1 Å². The summed E-state index contributed by atoms with van der Waals surface area (Å²) in [5.41, 5.74) is 3.01. The standard InChI is InChI=1S/C21H30N4O2S/c1-4-17-10-23(9-15(17)3)11-19-22-8-18(20(26)25(19)5-2)27-12-16-6-21(7-16)13-24(28)14-21/h4,8,16,28H,1,5-7,9-14H2,2-3H3. The Balaban J connectivity index is 1.36. The summed E-state index contributed by atoms with van der Waals surface area (Å²) in [7, 11) is 0. The molecule has 0 radical (unpaired) electrons. The van der Waals surface area contributed by atoms with Gasteiger partial charge in [-0.25, -0.2) is 4.98 Å². The highest BCUT2D eigenvalue weighted by molar-refractivity contribution is 7.77. The molecule has 1 aromatic heterocycles. The van der Waals surface area contributed by atoms with E-state index in [1.165, 1.54) is 24.0 Å². The van der Waals surface area contributed by atoms with Crippen LogP contribution >= 0.6 is 12.8 Å². The first-order valence-corrected chi connectivity index (χ1v) is 10.5. The van der Waals surface area contributed by atoms with Crippen LogP contribution in [0.25, 0.3) is 0 Å². The fraction of sp³-hybridized carbons (Fsp3) is 0.619. The number of nitrogens with zero attached hydrogens (tertiary/aromatic N) is 4. The van der Waals surface area contributed by atoms with E-state index in [0.717, 1.165) is 32.0 Å². The van der Waals surface area contributed by atoms with Crippen LogP contribution in [0, 0.1) is 11.3 Å². The third-order valence-electron chi connectivity index (χ3n) is 6.38. The van der Waals surface area contributed by atoms with Gasteiger partial charge in [-0.1, -0.05) is 31.0 Å². The van der Waals surface area contributed by atoms with Gasteiger partial charge in [0, 0.05) is 32.7 Å². The molecule has 2 aliphatic heterocycles. The van der Waals surface area contributed by atoms with Gasteiger partial charge in [0.05, 0.1) is 19.3 Å². The summed E-state index contributed by atoms with van der Waals surface area (Å²) < 4.78 is 9.69. The van der Waals surface area contributed by atoms with Gasteiger partial charge in [-0.05, 0) is 43.6 Å². The third kappa shape index (κ3) is 3.67. The number of ether oxygens (including phenoxy) is 1. The largest absolute Gasteiger partial charge is 0.486 e. The van der Waals surface area contributed by atoms with Gasteiger partial charge in [-0.2, -0.15) is 0 Å². The molecule has 3 heterocycles. The summed E-state index contributed by atoms with van der Waals surface area (Å²) in [6, 6.07) is 0. The van der Waals surface area contributed by atoms with Crippen LogP contribution in [-0.4, -0.2) is 51.5 Å². The van der Waals surface area contributed by atoms with E-state index >= 15 is 0 Å². The molecule has 0 bridgehead atoms. The highest BCUT2D eigenvalue weighted by Crippen LogP contribution is 2.52.